The van der Waals surface area contributed by atoms with Crippen LogP contribution in [0.3, 0.4) is 0 Å². The highest BCUT2D eigenvalue weighted by molar-refractivity contribution is 6.50. The summed E-state index contributed by atoms with van der Waals surface area (Å²) in [6, 6.07) is 0. The molecule has 0 saturated heterocycles. The molecular formula is C5HCl3F8O. The van der Waals surface area contributed by atoms with Crippen LogP contribution in [0.4, 0.5) is 35.1 Å². The van der Waals surface area contributed by atoms with Crippen LogP contribution in [0.15, 0.2) is 0 Å². The molecule has 0 aromatic heterocycles. The summed E-state index contributed by atoms with van der Waals surface area (Å²) in [5.74, 6) is -6.62. The second-order valence-electron chi connectivity index (χ2n) is 2.55. The maximum atomic E-state index is 12.5. The van der Waals surface area contributed by atoms with Crippen LogP contribution in [0, 0.1) is 0 Å². The minimum Gasteiger partial charge on any atom is -0.274 e. The zero-order valence-electron chi connectivity index (χ0n) is 7.14. The van der Waals surface area contributed by atoms with E-state index in [-0.39, 0.29) is 0 Å². The van der Waals surface area contributed by atoms with Gasteiger partial charge in [0.05, 0.1) is 0 Å². The summed E-state index contributed by atoms with van der Waals surface area (Å²) in [7, 11) is 0. The summed E-state index contributed by atoms with van der Waals surface area (Å²) in [6.07, 6.45) is -12.9. The van der Waals surface area contributed by atoms with E-state index in [1.807, 2.05) is 0 Å². The lowest BCUT2D eigenvalue weighted by Gasteiger charge is -2.31. The van der Waals surface area contributed by atoms with E-state index in [2.05, 4.69) is 39.5 Å². The van der Waals surface area contributed by atoms with Crippen LogP contribution in [-0.2, 0) is 4.74 Å². The van der Waals surface area contributed by atoms with Gasteiger partial charge in [-0.3, -0.25) is 4.74 Å². The Morgan fingerprint density at radius 2 is 1.24 bits per heavy atom. The molecule has 0 fully saturated rings. The Morgan fingerprint density at radius 1 is 0.882 bits per heavy atom. The van der Waals surface area contributed by atoms with Gasteiger partial charge in [0.25, 0.3) is 4.52 Å². The molecule has 104 valence electrons. The van der Waals surface area contributed by atoms with E-state index in [9.17, 15) is 35.1 Å². The molecule has 17 heavy (non-hydrogen) atoms. The molecule has 1 unspecified atom stereocenters. The molecule has 0 bridgehead atoms. The van der Waals surface area contributed by atoms with Crippen molar-refractivity contribution in [2.24, 2.45) is 0 Å². The van der Waals surface area contributed by atoms with Gasteiger partial charge < -0.3 is 0 Å². The van der Waals surface area contributed by atoms with E-state index in [1.165, 1.54) is 0 Å². The van der Waals surface area contributed by atoms with Crippen molar-refractivity contribution in [2.45, 2.75) is 28.4 Å². The summed E-state index contributed by atoms with van der Waals surface area (Å²) in [4.78, 5) is 0. The Kier molecular flexibility index (Phi) is 4.82. The Morgan fingerprint density at radius 3 is 1.47 bits per heavy atom. The minimum absolute atomic E-state index is 2.70. The van der Waals surface area contributed by atoms with Gasteiger partial charge in [0.1, 0.15) is 0 Å². The molecule has 0 spiro atoms. The highest BCUT2D eigenvalue weighted by atomic mass is 35.5. The maximum absolute atomic E-state index is 12.5. The minimum atomic E-state index is -6.65. The molecule has 0 aromatic carbocycles. The fourth-order valence-corrected chi connectivity index (χ4v) is 0.683. The first-order chi connectivity index (χ1) is 7.15. The second-order valence-corrected chi connectivity index (χ2v) is 4.25. The van der Waals surface area contributed by atoms with Crippen LogP contribution >= 0.6 is 34.8 Å². The third-order valence-electron chi connectivity index (χ3n) is 1.24. The van der Waals surface area contributed by atoms with Crippen LogP contribution in [0.5, 0.6) is 0 Å². The highest BCUT2D eigenvalue weighted by Crippen LogP contribution is 2.50. The first-order valence-electron chi connectivity index (χ1n) is 3.33. The quantitative estimate of drug-likeness (QED) is 0.544. The molecule has 0 aliphatic carbocycles. The average Bonchev–Trinajstić information content (AvgIpc) is 1.98. The van der Waals surface area contributed by atoms with Crippen molar-refractivity contribution in [1.29, 1.82) is 0 Å². The van der Waals surface area contributed by atoms with E-state index >= 15 is 0 Å². The van der Waals surface area contributed by atoms with Crippen molar-refractivity contribution >= 4 is 34.8 Å². The fraction of sp³-hybridized carbons (Fsp3) is 1.00. The van der Waals surface area contributed by atoms with Gasteiger partial charge in [-0.25, -0.2) is 4.39 Å². The summed E-state index contributed by atoms with van der Waals surface area (Å²) in [5.41, 5.74) is -3.17. The van der Waals surface area contributed by atoms with Gasteiger partial charge in [-0.05, 0) is 0 Å². The third-order valence-corrected chi connectivity index (χ3v) is 2.31. The van der Waals surface area contributed by atoms with Crippen LogP contribution in [0.25, 0.3) is 0 Å². The lowest BCUT2D eigenvalue weighted by Crippen LogP contribution is -2.56. The second kappa shape index (κ2) is 4.75. The molecule has 0 heterocycles. The molecule has 0 aliphatic rings. The van der Waals surface area contributed by atoms with Crippen molar-refractivity contribution in [3.8, 4) is 0 Å². The van der Waals surface area contributed by atoms with Crippen LogP contribution in [0.2, 0.25) is 0 Å². The lowest BCUT2D eigenvalue weighted by atomic mass is 10.3. The number of rotatable bonds is 4. The van der Waals surface area contributed by atoms with Gasteiger partial charge in [-0.1, -0.05) is 34.8 Å². The standard InChI is InChI=1S/C5HCl3F8O/c6-1(9)2(7,8)17-5(15,16)3(10,11)4(12,13)14/h1H. The topological polar surface area (TPSA) is 9.23 Å². The van der Waals surface area contributed by atoms with Gasteiger partial charge in [0.15, 0.2) is 0 Å². The normalized spacial score (nSPS) is 17.1. The van der Waals surface area contributed by atoms with Crippen molar-refractivity contribution in [3.05, 3.63) is 0 Å². The number of halogens is 11. The lowest BCUT2D eigenvalue weighted by molar-refractivity contribution is -0.431. The highest BCUT2D eigenvalue weighted by Gasteiger charge is 2.76. The molecule has 0 aliphatic heterocycles. The molecule has 0 aromatic rings. The Labute approximate surface area is 104 Å². The van der Waals surface area contributed by atoms with Crippen LogP contribution < -0.4 is 0 Å². The van der Waals surface area contributed by atoms with Crippen molar-refractivity contribution in [2.75, 3.05) is 0 Å². The van der Waals surface area contributed by atoms with E-state index < -0.39 is 28.4 Å². The van der Waals surface area contributed by atoms with E-state index in [1.54, 1.807) is 0 Å². The largest absolute Gasteiger partial charge is 0.462 e. The predicted molar refractivity (Wildman–Crippen MR) is 42.2 cm³/mol. The molecule has 0 saturated carbocycles. The molecule has 0 amide bonds. The molecule has 12 heteroatoms. The number of hydrogen-bond donors (Lipinski definition) is 0. The Hall–Kier alpha value is 0.270. The first kappa shape index (κ1) is 17.3. The number of alkyl halides is 11. The van der Waals surface area contributed by atoms with E-state index in [4.69, 9.17) is 0 Å². The van der Waals surface area contributed by atoms with Gasteiger partial charge in [0, 0.05) is 0 Å². The van der Waals surface area contributed by atoms with Crippen molar-refractivity contribution in [1.82, 2.24) is 0 Å². The van der Waals surface area contributed by atoms with Gasteiger partial charge in [0.2, 0.25) is 5.63 Å². The average molecular weight is 335 g/mol. The summed E-state index contributed by atoms with van der Waals surface area (Å²) < 4.78 is 95.3. The predicted octanol–water partition coefficient (Wildman–Crippen LogP) is 4.46. The number of hydrogen-bond acceptors (Lipinski definition) is 1. The molecule has 0 N–H and O–H groups in total. The van der Waals surface area contributed by atoms with E-state index in [0.29, 0.717) is 0 Å². The van der Waals surface area contributed by atoms with Gasteiger partial charge in [-0.2, -0.15) is 30.7 Å². The number of ether oxygens (including phenoxy) is 1. The van der Waals surface area contributed by atoms with Crippen LogP contribution in [-0.4, -0.2) is 28.4 Å². The molecule has 1 atom stereocenters. The molecular weight excluding hydrogens is 334 g/mol. The molecule has 0 rings (SSSR count). The first-order valence-corrected chi connectivity index (χ1v) is 4.53. The van der Waals surface area contributed by atoms with Crippen molar-refractivity contribution in [3.63, 3.8) is 0 Å². The summed E-state index contributed by atoms with van der Waals surface area (Å²) in [5, 5.41) is 0. The monoisotopic (exact) mass is 334 g/mol. The fourth-order valence-electron chi connectivity index (χ4n) is 0.445. The Bertz CT molecular complexity index is 275. The summed E-state index contributed by atoms with van der Waals surface area (Å²) >= 11 is 13.6. The third kappa shape index (κ3) is 3.62. The SMILES string of the molecule is FC(Cl)C(Cl)(Cl)OC(F)(F)C(F)(F)C(F)(F)F. The van der Waals surface area contributed by atoms with Gasteiger partial charge >= 0.3 is 18.2 Å². The Balaban J connectivity index is 5.17. The van der Waals surface area contributed by atoms with Gasteiger partial charge in [-0.15, -0.1) is 0 Å². The zero-order chi connectivity index (χ0) is 14.3. The molecule has 0 radical (unpaired) electrons. The van der Waals surface area contributed by atoms with E-state index in [0.717, 1.165) is 0 Å². The zero-order valence-corrected chi connectivity index (χ0v) is 9.41. The summed E-state index contributed by atoms with van der Waals surface area (Å²) in [6.45, 7) is 0. The molecule has 1 nitrogen and oxygen atoms in total. The van der Waals surface area contributed by atoms with Crippen molar-refractivity contribution < 1.29 is 39.9 Å². The van der Waals surface area contributed by atoms with Crippen LogP contribution in [0.1, 0.15) is 0 Å². The smallest absolute Gasteiger partial charge is 0.274 e. The maximum Gasteiger partial charge on any atom is 0.462 e.